The molecule has 3 aromatic carbocycles. The van der Waals surface area contributed by atoms with Crippen LogP contribution in [0.15, 0.2) is 71.6 Å². The van der Waals surface area contributed by atoms with Crippen LogP contribution in [0.25, 0.3) is 0 Å². The summed E-state index contributed by atoms with van der Waals surface area (Å²) in [4.78, 5) is 12.3. The third-order valence-electron chi connectivity index (χ3n) is 4.58. The van der Waals surface area contributed by atoms with Crippen molar-refractivity contribution in [2.75, 3.05) is 4.72 Å². The summed E-state index contributed by atoms with van der Waals surface area (Å²) < 4.78 is 41.3. The number of benzene rings is 3. The number of nitrogens with one attached hydrogen (secondary N) is 2. The molecular weight excluding hydrogens is 391 g/mol. The maximum atomic E-state index is 13.6. The molecule has 3 rings (SSSR count). The summed E-state index contributed by atoms with van der Waals surface area (Å²) in [5.74, 6) is -0.814. The van der Waals surface area contributed by atoms with Gasteiger partial charge in [0.25, 0.3) is 15.9 Å². The summed E-state index contributed by atoms with van der Waals surface area (Å²) >= 11 is 0. The molecule has 150 valence electrons. The minimum Gasteiger partial charge on any atom is -0.348 e. The first-order valence-electron chi connectivity index (χ1n) is 8.98. The van der Waals surface area contributed by atoms with E-state index in [9.17, 15) is 17.6 Å². The number of halogens is 1. The van der Waals surface area contributed by atoms with E-state index < -0.39 is 21.7 Å². The minimum atomic E-state index is -3.78. The zero-order chi connectivity index (χ0) is 21.0. The lowest BCUT2D eigenvalue weighted by molar-refractivity contribution is 0.0950. The fraction of sp³-hybridized carbons (Fsp3) is 0.136. The van der Waals surface area contributed by atoms with Crippen LogP contribution in [0.2, 0.25) is 0 Å². The molecule has 0 atom stereocenters. The second-order valence-electron chi connectivity index (χ2n) is 6.70. The van der Waals surface area contributed by atoms with Crippen molar-refractivity contribution in [1.82, 2.24) is 5.32 Å². The first-order chi connectivity index (χ1) is 13.8. The molecule has 2 N–H and O–H groups in total. The van der Waals surface area contributed by atoms with E-state index in [0.29, 0.717) is 11.3 Å². The molecular formula is C22H21FN2O3S. The van der Waals surface area contributed by atoms with Crippen LogP contribution in [-0.4, -0.2) is 14.3 Å². The number of sulfonamides is 1. The first-order valence-corrected chi connectivity index (χ1v) is 10.5. The number of carbonyl (C=O) groups is 1. The van der Waals surface area contributed by atoms with Crippen LogP contribution >= 0.6 is 0 Å². The van der Waals surface area contributed by atoms with Gasteiger partial charge in [0.15, 0.2) is 0 Å². The third-order valence-corrected chi connectivity index (χ3v) is 5.98. The fourth-order valence-electron chi connectivity index (χ4n) is 2.72. The van der Waals surface area contributed by atoms with Crippen LogP contribution < -0.4 is 10.0 Å². The molecule has 0 aromatic heterocycles. The van der Waals surface area contributed by atoms with Gasteiger partial charge in [-0.25, -0.2) is 12.8 Å². The Kier molecular flexibility index (Phi) is 5.98. The van der Waals surface area contributed by atoms with E-state index in [4.69, 9.17) is 0 Å². The number of aryl methyl sites for hydroxylation is 2. The Balaban J connectivity index is 1.69. The van der Waals surface area contributed by atoms with Crippen LogP contribution in [0.1, 0.15) is 27.0 Å². The molecule has 0 unspecified atom stereocenters. The van der Waals surface area contributed by atoms with Crippen molar-refractivity contribution < 1.29 is 17.6 Å². The second kappa shape index (κ2) is 8.45. The van der Waals surface area contributed by atoms with Crippen LogP contribution in [0, 0.1) is 19.7 Å². The van der Waals surface area contributed by atoms with E-state index in [-0.39, 0.29) is 17.0 Å². The highest BCUT2D eigenvalue weighted by Gasteiger charge is 2.16. The first kappa shape index (κ1) is 20.5. The zero-order valence-electron chi connectivity index (χ0n) is 16.1. The molecule has 3 aromatic rings. The van der Waals surface area contributed by atoms with Gasteiger partial charge in [0, 0.05) is 23.4 Å². The summed E-state index contributed by atoms with van der Waals surface area (Å²) in [6.45, 7) is 3.89. The number of hydrogen-bond donors (Lipinski definition) is 2. The smallest absolute Gasteiger partial charge is 0.261 e. The topological polar surface area (TPSA) is 75.3 Å². The molecule has 1 amide bonds. The van der Waals surface area contributed by atoms with Crippen molar-refractivity contribution >= 4 is 21.6 Å². The highest BCUT2D eigenvalue weighted by atomic mass is 32.2. The summed E-state index contributed by atoms with van der Waals surface area (Å²) in [5, 5.41) is 2.62. The van der Waals surface area contributed by atoms with Crippen molar-refractivity contribution in [2.24, 2.45) is 0 Å². The van der Waals surface area contributed by atoms with Gasteiger partial charge in [-0.3, -0.25) is 9.52 Å². The van der Waals surface area contributed by atoms with Crippen molar-refractivity contribution in [2.45, 2.75) is 25.3 Å². The molecule has 7 heteroatoms. The fourth-order valence-corrected chi connectivity index (χ4v) is 3.77. The summed E-state index contributed by atoms with van der Waals surface area (Å²) in [6.07, 6.45) is 0. The maximum absolute atomic E-state index is 13.6. The molecule has 0 bridgehead atoms. The van der Waals surface area contributed by atoms with Crippen molar-refractivity contribution in [1.29, 1.82) is 0 Å². The van der Waals surface area contributed by atoms with Crippen LogP contribution in [0.5, 0.6) is 0 Å². The van der Waals surface area contributed by atoms with Gasteiger partial charge in [-0.1, -0.05) is 24.3 Å². The highest BCUT2D eigenvalue weighted by Crippen LogP contribution is 2.19. The second-order valence-corrected chi connectivity index (χ2v) is 8.39. The van der Waals surface area contributed by atoms with Crippen LogP contribution in [0.4, 0.5) is 10.1 Å². The average Bonchev–Trinajstić information content (AvgIpc) is 2.70. The Morgan fingerprint density at radius 1 is 0.931 bits per heavy atom. The lowest BCUT2D eigenvalue weighted by Gasteiger charge is -2.11. The van der Waals surface area contributed by atoms with Gasteiger partial charge in [-0.05, 0) is 67.4 Å². The number of anilines is 1. The maximum Gasteiger partial charge on any atom is 0.261 e. The molecule has 0 aliphatic rings. The van der Waals surface area contributed by atoms with Crippen LogP contribution in [0.3, 0.4) is 0 Å². The van der Waals surface area contributed by atoms with E-state index >= 15 is 0 Å². The molecule has 29 heavy (non-hydrogen) atoms. The molecule has 0 saturated carbocycles. The van der Waals surface area contributed by atoms with Gasteiger partial charge < -0.3 is 5.32 Å². The molecule has 5 nitrogen and oxygen atoms in total. The van der Waals surface area contributed by atoms with E-state index in [1.807, 2.05) is 19.9 Å². The van der Waals surface area contributed by atoms with Gasteiger partial charge in [-0.2, -0.15) is 0 Å². The largest absolute Gasteiger partial charge is 0.348 e. The number of amides is 1. The van der Waals surface area contributed by atoms with Crippen LogP contribution in [-0.2, 0) is 16.6 Å². The van der Waals surface area contributed by atoms with Gasteiger partial charge in [0.05, 0.1) is 4.90 Å². The van der Waals surface area contributed by atoms with Gasteiger partial charge in [-0.15, -0.1) is 0 Å². The number of hydrogen-bond acceptors (Lipinski definition) is 3. The Hall–Kier alpha value is -3.19. The molecule has 0 radical (unpaired) electrons. The van der Waals surface area contributed by atoms with Gasteiger partial charge in [0.2, 0.25) is 0 Å². The summed E-state index contributed by atoms with van der Waals surface area (Å²) in [7, 11) is -3.78. The molecule has 0 saturated heterocycles. The average molecular weight is 412 g/mol. The van der Waals surface area contributed by atoms with Gasteiger partial charge >= 0.3 is 0 Å². The highest BCUT2D eigenvalue weighted by molar-refractivity contribution is 7.92. The third kappa shape index (κ3) is 5.00. The Morgan fingerprint density at radius 3 is 2.28 bits per heavy atom. The van der Waals surface area contributed by atoms with Crippen molar-refractivity contribution in [3.63, 3.8) is 0 Å². The lowest BCUT2D eigenvalue weighted by Crippen LogP contribution is -2.23. The van der Waals surface area contributed by atoms with E-state index in [0.717, 1.165) is 11.1 Å². The minimum absolute atomic E-state index is 0.0416. The van der Waals surface area contributed by atoms with Crippen molar-refractivity contribution in [3.8, 4) is 0 Å². The zero-order valence-corrected chi connectivity index (χ0v) is 16.9. The van der Waals surface area contributed by atoms with E-state index in [1.165, 1.54) is 30.3 Å². The molecule has 0 heterocycles. The summed E-state index contributed by atoms with van der Waals surface area (Å²) in [5.41, 5.74) is 3.18. The lowest BCUT2D eigenvalue weighted by atomic mass is 10.1. The molecule has 0 spiro atoms. The normalized spacial score (nSPS) is 11.1. The van der Waals surface area contributed by atoms with Gasteiger partial charge in [0.1, 0.15) is 5.82 Å². The summed E-state index contributed by atoms with van der Waals surface area (Å²) in [6, 6.07) is 17.0. The predicted molar refractivity (Wildman–Crippen MR) is 111 cm³/mol. The molecule has 0 aliphatic heterocycles. The number of rotatable bonds is 6. The van der Waals surface area contributed by atoms with E-state index in [2.05, 4.69) is 10.0 Å². The predicted octanol–water partition coefficient (Wildman–Crippen LogP) is 4.17. The Morgan fingerprint density at radius 2 is 1.62 bits per heavy atom. The molecule has 0 fully saturated rings. The molecule has 0 aliphatic carbocycles. The standard InChI is InChI=1S/C22H21FN2O3S/c1-15-7-10-19(13-16(15)2)25-29(27,28)20-11-8-17(9-12-20)22(26)24-14-18-5-3-4-6-21(18)23/h3-13,25H,14H2,1-2H3,(H,24,26). The Bertz CT molecular complexity index is 1140. The quantitative estimate of drug-likeness (QED) is 0.638. The Labute approximate surface area is 169 Å². The number of carbonyl (C=O) groups excluding carboxylic acids is 1. The van der Waals surface area contributed by atoms with E-state index in [1.54, 1.807) is 30.3 Å². The van der Waals surface area contributed by atoms with Crippen molar-refractivity contribution in [3.05, 3.63) is 94.8 Å². The SMILES string of the molecule is Cc1ccc(NS(=O)(=O)c2ccc(C(=O)NCc3ccccc3F)cc2)cc1C. The monoisotopic (exact) mass is 412 g/mol.